The van der Waals surface area contributed by atoms with Crippen molar-refractivity contribution < 1.29 is 19.1 Å². The summed E-state index contributed by atoms with van der Waals surface area (Å²) in [6.45, 7) is 4.97. The summed E-state index contributed by atoms with van der Waals surface area (Å²) in [6, 6.07) is 15.9. The Bertz CT molecular complexity index is 1210. The van der Waals surface area contributed by atoms with E-state index in [-0.39, 0.29) is 18.6 Å². The first-order valence-electron chi connectivity index (χ1n) is 11.5. The van der Waals surface area contributed by atoms with Gasteiger partial charge in [-0.05, 0) is 47.7 Å². The Balaban J connectivity index is 1.64. The zero-order valence-electron chi connectivity index (χ0n) is 19.2. The Labute approximate surface area is 198 Å². The van der Waals surface area contributed by atoms with E-state index in [2.05, 4.69) is 24.1 Å². The van der Waals surface area contributed by atoms with Gasteiger partial charge < -0.3 is 14.8 Å². The largest absolute Gasteiger partial charge is 0.454 e. The minimum Gasteiger partial charge on any atom is -0.454 e. The van der Waals surface area contributed by atoms with Gasteiger partial charge in [0.05, 0.1) is 12.0 Å². The predicted molar refractivity (Wildman–Crippen MR) is 128 cm³/mol. The van der Waals surface area contributed by atoms with Crippen molar-refractivity contribution >= 4 is 17.5 Å². The Morgan fingerprint density at radius 2 is 1.94 bits per heavy atom. The van der Waals surface area contributed by atoms with Gasteiger partial charge in [0.1, 0.15) is 0 Å². The fourth-order valence-electron chi connectivity index (χ4n) is 4.62. The lowest BCUT2D eigenvalue weighted by Crippen LogP contribution is -2.47. The number of nitrogens with zero attached hydrogens (tertiary/aromatic N) is 2. The van der Waals surface area contributed by atoms with Gasteiger partial charge in [0, 0.05) is 36.3 Å². The van der Waals surface area contributed by atoms with Crippen LogP contribution in [0.2, 0.25) is 0 Å². The molecule has 2 aliphatic heterocycles. The molecular weight excluding hydrogens is 430 g/mol. The highest BCUT2D eigenvalue weighted by atomic mass is 16.7. The van der Waals surface area contributed by atoms with E-state index in [4.69, 9.17) is 9.47 Å². The van der Waals surface area contributed by atoms with Gasteiger partial charge in [0.15, 0.2) is 11.5 Å². The summed E-state index contributed by atoms with van der Waals surface area (Å²) < 4.78 is 11.0. The van der Waals surface area contributed by atoms with E-state index < -0.39 is 12.0 Å². The zero-order valence-corrected chi connectivity index (χ0v) is 19.2. The second kappa shape index (κ2) is 9.17. The van der Waals surface area contributed by atoms with Crippen molar-refractivity contribution in [3.63, 3.8) is 0 Å². The normalized spacial score (nSPS) is 18.7. The maximum Gasteiger partial charge on any atom is 0.259 e. The molecule has 0 spiro atoms. The van der Waals surface area contributed by atoms with Crippen molar-refractivity contribution in [3.05, 3.63) is 83.7 Å². The molecule has 0 radical (unpaired) electrons. The van der Waals surface area contributed by atoms with Crippen LogP contribution >= 0.6 is 0 Å². The maximum atomic E-state index is 13.9. The van der Waals surface area contributed by atoms with Gasteiger partial charge in [-0.25, -0.2) is 0 Å². The van der Waals surface area contributed by atoms with Crippen molar-refractivity contribution in [1.29, 1.82) is 0 Å². The zero-order chi connectivity index (χ0) is 23.7. The highest BCUT2D eigenvalue weighted by Gasteiger charge is 2.45. The first-order valence-corrected chi connectivity index (χ1v) is 11.5. The van der Waals surface area contributed by atoms with E-state index in [9.17, 15) is 9.59 Å². The number of ether oxygens (including phenoxy) is 2. The number of fused-ring (bicyclic) bond motifs is 2. The van der Waals surface area contributed by atoms with Crippen LogP contribution in [0.3, 0.4) is 0 Å². The molecule has 1 N–H and O–H groups in total. The number of hydrogen-bond donors (Lipinski definition) is 1. The average Bonchev–Trinajstić information content (AvgIpc) is 3.32. The van der Waals surface area contributed by atoms with E-state index in [0.29, 0.717) is 35.2 Å². The van der Waals surface area contributed by atoms with Gasteiger partial charge in [0.25, 0.3) is 5.91 Å². The van der Waals surface area contributed by atoms with Crippen LogP contribution in [0.5, 0.6) is 11.5 Å². The highest BCUT2D eigenvalue weighted by Crippen LogP contribution is 2.46. The molecule has 34 heavy (non-hydrogen) atoms. The molecule has 2 amide bonds. The minimum absolute atomic E-state index is 0.111. The van der Waals surface area contributed by atoms with Crippen LogP contribution in [0.25, 0.3) is 0 Å². The summed E-state index contributed by atoms with van der Waals surface area (Å²) in [4.78, 5) is 33.5. The van der Waals surface area contributed by atoms with Crippen LogP contribution in [-0.4, -0.2) is 30.1 Å². The number of aromatic nitrogens is 1. The third kappa shape index (κ3) is 3.98. The van der Waals surface area contributed by atoms with Crippen LogP contribution in [0.15, 0.2) is 67.0 Å². The molecule has 0 saturated heterocycles. The third-order valence-electron chi connectivity index (χ3n) is 6.30. The molecule has 3 heterocycles. The van der Waals surface area contributed by atoms with Crippen molar-refractivity contribution in [3.8, 4) is 11.5 Å². The molecule has 2 atom stereocenters. The van der Waals surface area contributed by atoms with Crippen molar-refractivity contribution in [2.75, 3.05) is 18.2 Å². The molecule has 0 unspecified atom stereocenters. The molecule has 0 aliphatic carbocycles. The lowest BCUT2D eigenvalue weighted by atomic mass is 9.79. The quantitative estimate of drug-likeness (QED) is 0.591. The van der Waals surface area contributed by atoms with Crippen molar-refractivity contribution in [2.45, 2.75) is 32.2 Å². The van der Waals surface area contributed by atoms with Gasteiger partial charge in [-0.3, -0.25) is 19.5 Å². The topological polar surface area (TPSA) is 80.8 Å². The summed E-state index contributed by atoms with van der Waals surface area (Å²) in [6.07, 6.45) is 4.29. The van der Waals surface area contributed by atoms with Gasteiger partial charge >= 0.3 is 0 Å². The Morgan fingerprint density at radius 1 is 1.12 bits per heavy atom. The lowest BCUT2D eigenvalue weighted by Gasteiger charge is -2.41. The molecule has 1 aromatic heterocycles. The van der Waals surface area contributed by atoms with Gasteiger partial charge in [0.2, 0.25) is 12.7 Å². The van der Waals surface area contributed by atoms with Crippen LogP contribution < -0.4 is 19.7 Å². The Hall–Kier alpha value is -3.87. The van der Waals surface area contributed by atoms with Gasteiger partial charge in [-0.2, -0.15) is 0 Å². The molecule has 0 saturated carbocycles. The predicted octanol–water partition coefficient (Wildman–Crippen LogP) is 4.46. The molecule has 2 aromatic carbocycles. The molecule has 7 nitrogen and oxygen atoms in total. The number of amides is 2. The number of hydrogen-bond acceptors (Lipinski definition) is 5. The molecule has 5 rings (SSSR count). The van der Waals surface area contributed by atoms with Crippen molar-refractivity contribution in [2.24, 2.45) is 5.92 Å². The van der Waals surface area contributed by atoms with Crippen LogP contribution in [-0.2, 0) is 4.79 Å². The molecule has 3 aromatic rings. The summed E-state index contributed by atoms with van der Waals surface area (Å²) in [5, 5.41) is 3.11. The van der Waals surface area contributed by atoms with Crippen LogP contribution in [0.4, 0.5) is 5.69 Å². The smallest absolute Gasteiger partial charge is 0.259 e. The monoisotopic (exact) mass is 457 g/mol. The molecule has 0 fully saturated rings. The maximum absolute atomic E-state index is 13.9. The number of rotatable bonds is 6. The second-order valence-electron chi connectivity index (χ2n) is 8.98. The number of nitrogens with one attached hydrogen (secondary N) is 1. The Kier molecular flexibility index (Phi) is 5.92. The van der Waals surface area contributed by atoms with Gasteiger partial charge in [-0.15, -0.1) is 0 Å². The molecule has 174 valence electrons. The first-order chi connectivity index (χ1) is 16.5. The summed E-state index contributed by atoms with van der Waals surface area (Å²) >= 11 is 0. The van der Waals surface area contributed by atoms with E-state index >= 15 is 0 Å². The number of carbonyl (C=O) groups excluding carboxylic acids is 2. The first kappa shape index (κ1) is 21.9. The average molecular weight is 458 g/mol. The molecule has 2 aliphatic rings. The summed E-state index contributed by atoms with van der Waals surface area (Å²) in [7, 11) is 0. The SMILES string of the molecule is CC(C)CCNC(=O)[C@@H]1c2ccccc2C(=O)N(c2ccc3c(c2)OCO3)[C@@H]1c1cccnc1. The number of benzene rings is 2. The van der Waals surface area contributed by atoms with Crippen LogP contribution in [0.1, 0.15) is 53.7 Å². The molecule has 0 bridgehead atoms. The van der Waals surface area contributed by atoms with E-state index in [0.717, 1.165) is 17.5 Å². The fourth-order valence-corrected chi connectivity index (χ4v) is 4.62. The number of pyridine rings is 1. The van der Waals surface area contributed by atoms with E-state index in [1.807, 2.05) is 36.4 Å². The fraction of sp³-hybridized carbons (Fsp3) is 0.296. The standard InChI is InChI=1S/C27H27N3O4/c1-17(2)11-13-29-26(31)24-20-7-3-4-8-21(20)27(32)30(25(24)18-6-5-12-28-15-18)19-9-10-22-23(14-19)34-16-33-22/h3-10,12,14-15,17,24-25H,11,13,16H2,1-2H3,(H,29,31)/t24-,25-/m1/s1. The van der Waals surface area contributed by atoms with E-state index in [1.165, 1.54) is 0 Å². The van der Waals surface area contributed by atoms with Crippen molar-refractivity contribution in [1.82, 2.24) is 10.3 Å². The minimum atomic E-state index is -0.601. The summed E-state index contributed by atoms with van der Waals surface area (Å²) in [5.41, 5.74) is 2.66. The lowest BCUT2D eigenvalue weighted by molar-refractivity contribution is -0.123. The number of anilines is 1. The van der Waals surface area contributed by atoms with Crippen LogP contribution in [0, 0.1) is 5.92 Å². The number of carbonyl (C=O) groups is 2. The van der Waals surface area contributed by atoms with Gasteiger partial charge in [-0.1, -0.05) is 38.1 Å². The van der Waals surface area contributed by atoms with E-state index in [1.54, 1.807) is 35.5 Å². The Morgan fingerprint density at radius 3 is 2.74 bits per heavy atom. The molecule has 7 heteroatoms. The molecular formula is C27H27N3O4. The summed E-state index contributed by atoms with van der Waals surface area (Å²) in [5.74, 6) is 0.798. The highest BCUT2D eigenvalue weighted by molar-refractivity contribution is 6.11. The third-order valence-corrected chi connectivity index (χ3v) is 6.30. The second-order valence-corrected chi connectivity index (χ2v) is 8.98.